The van der Waals surface area contributed by atoms with E-state index in [4.69, 9.17) is 9.47 Å². The summed E-state index contributed by atoms with van der Waals surface area (Å²) in [4.78, 5) is 11.7. The van der Waals surface area contributed by atoms with Gasteiger partial charge in [-0.3, -0.25) is 4.79 Å². The molecule has 0 aromatic heterocycles. The number of benzene rings is 1. The molecule has 1 aromatic carbocycles. The van der Waals surface area contributed by atoms with Crippen LogP contribution in [0.3, 0.4) is 0 Å². The monoisotopic (exact) mass is 254 g/mol. The van der Waals surface area contributed by atoms with Gasteiger partial charge < -0.3 is 9.47 Å². The van der Waals surface area contributed by atoms with Gasteiger partial charge in [0.1, 0.15) is 12.4 Å². The second kappa shape index (κ2) is 6.61. The van der Waals surface area contributed by atoms with Crippen LogP contribution in [0.15, 0.2) is 24.3 Å². The van der Waals surface area contributed by atoms with Crippen LogP contribution in [0.4, 0.5) is 4.39 Å². The highest BCUT2D eigenvalue weighted by Crippen LogP contribution is 2.12. The lowest BCUT2D eigenvalue weighted by Gasteiger charge is -2.22. The van der Waals surface area contributed by atoms with Crippen molar-refractivity contribution in [1.82, 2.24) is 0 Å². The van der Waals surface area contributed by atoms with E-state index in [1.54, 1.807) is 7.11 Å². The van der Waals surface area contributed by atoms with E-state index in [1.165, 1.54) is 24.3 Å². The third-order valence-corrected chi connectivity index (χ3v) is 2.80. The van der Waals surface area contributed by atoms with Crippen LogP contribution in [0.1, 0.15) is 30.6 Å². The summed E-state index contributed by atoms with van der Waals surface area (Å²) in [5.74, 6) is -0.500. The number of hydrogen-bond donors (Lipinski definition) is 0. The van der Waals surface area contributed by atoms with Crippen molar-refractivity contribution < 1.29 is 18.7 Å². The Bertz CT molecular complexity index is 385. The van der Waals surface area contributed by atoms with Crippen molar-refractivity contribution in [3.63, 3.8) is 0 Å². The van der Waals surface area contributed by atoms with Crippen LogP contribution in [0.2, 0.25) is 0 Å². The quantitative estimate of drug-likeness (QED) is 0.554. The number of ketones is 1. The minimum absolute atomic E-state index is 0.00538. The van der Waals surface area contributed by atoms with Crippen LogP contribution in [0, 0.1) is 5.82 Å². The van der Waals surface area contributed by atoms with E-state index < -0.39 is 0 Å². The minimum Gasteiger partial charge on any atom is -0.379 e. The molecule has 18 heavy (non-hydrogen) atoms. The Hall–Kier alpha value is -1.26. The fourth-order valence-electron chi connectivity index (χ4n) is 1.30. The molecule has 0 unspecified atom stereocenters. The second-order valence-corrected chi connectivity index (χ2v) is 4.70. The van der Waals surface area contributed by atoms with Crippen LogP contribution in [0.25, 0.3) is 0 Å². The molecule has 0 spiro atoms. The normalized spacial score (nSPS) is 11.6. The number of hydrogen-bond acceptors (Lipinski definition) is 3. The smallest absolute Gasteiger partial charge is 0.188 e. The fraction of sp³-hybridized carbons (Fsp3) is 0.500. The van der Waals surface area contributed by atoms with E-state index in [0.29, 0.717) is 18.6 Å². The highest BCUT2D eigenvalue weighted by molar-refractivity contribution is 5.96. The molecular weight excluding hydrogens is 235 g/mol. The van der Waals surface area contributed by atoms with Gasteiger partial charge in [-0.2, -0.15) is 0 Å². The Kier molecular flexibility index (Phi) is 5.44. The van der Waals surface area contributed by atoms with Crippen LogP contribution >= 0.6 is 0 Å². The number of rotatable bonds is 7. The summed E-state index contributed by atoms with van der Waals surface area (Å²) in [5.41, 5.74) is 0.209. The largest absolute Gasteiger partial charge is 0.379 e. The van der Waals surface area contributed by atoms with Gasteiger partial charge in [-0.25, -0.2) is 4.39 Å². The summed E-state index contributed by atoms with van der Waals surface area (Å²) in [7, 11) is 1.64. The van der Waals surface area contributed by atoms with Crippen LogP contribution < -0.4 is 0 Å². The van der Waals surface area contributed by atoms with Crippen LogP contribution in [-0.2, 0) is 9.47 Å². The Morgan fingerprint density at radius 2 is 1.89 bits per heavy atom. The molecule has 1 aromatic rings. The number of halogens is 1. The van der Waals surface area contributed by atoms with Crippen molar-refractivity contribution in [3.05, 3.63) is 35.6 Å². The molecule has 0 heterocycles. The lowest BCUT2D eigenvalue weighted by Crippen LogP contribution is -2.25. The molecule has 0 aliphatic carbocycles. The molecule has 100 valence electrons. The second-order valence-electron chi connectivity index (χ2n) is 4.70. The number of methoxy groups -OCH3 is 1. The average molecular weight is 254 g/mol. The summed E-state index contributed by atoms with van der Waals surface area (Å²) in [6.07, 6.45) is 0.709. The zero-order valence-corrected chi connectivity index (χ0v) is 11.0. The van der Waals surface area contributed by atoms with Gasteiger partial charge in [-0.1, -0.05) is 0 Å². The molecule has 1 rings (SSSR count). The first-order chi connectivity index (χ1) is 8.44. The van der Waals surface area contributed by atoms with Crippen LogP contribution in [0.5, 0.6) is 0 Å². The lowest BCUT2D eigenvalue weighted by atomic mass is 10.1. The molecule has 3 nitrogen and oxygen atoms in total. The predicted molar refractivity (Wildman–Crippen MR) is 67.3 cm³/mol. The van der Waals surface area contributed by atoms with Gasteiger partial charge >= 0.3 is 0 Å². The number of carbonyl (C=O) groups excluding carboxylic acids is 1. The molecule has 0 saturated heterocycles. The molecule has 0 fully saturated rings. The van der Waals surface area contributed by atoms with E-state index in [2.05, 4.69) is 0 Å². The SMILES string of the molecule is COC(C)(C)CCOCC(=O)c1ccc(F)cc1. The van der Waals surface area contributed by atoms with Crippen molar-refractivity contribution in [1.29, 1.82) is 0 Å². The van der Waals surface area contributed by atoms with Gasteiger partial charge in [-0.15, -0.1) is 0 Å². The Morgan fingerprint density at radius 3 is 2.44 bits per heavy atom. The zero-order valence-electron chi connectivity index (χ0n) is 11.0. The molecule has 0 atom stereocenters. The minimum atomic E-state index is -0.352. The van der Waals surface area contributed by atoms with E-state index in [0.717, 1.165) is 0 Å². The van der Waals surface area contributed by atoms with Crippen molar-refractivity contribution in [3.8, 4) is 0 Å². The summed E-state index contributed by atoms with van der Waals surface area (Å²) in [6.45, 7) is 4.37. The maximum atomic E-state index is 12.7. The molecular formula is C14H19FO3. The highest BCUT2D eigenvalue weighted by Gasteiger charge is 2.16. The van der Waals surface area contributed by atoms with Crippen molar-refractivity contribution in [2.75, 3.05) is 20.3 Å². The molecule has 0 bridgehead atoms. The Labute approximate surface area is 107 Å². The summed E-state index contributed by atoms with van der Waals surface area (Å²) >= 11 is 0. The number of Topliss-reactive ketones (excluding diaryl/α,β-unsaturated/α-hetero) is 1. The molecule has 0 radical (unpaired) electrons. The summed E-state index contributed by atoms with van der Waals surface area (Å²) < 4.78 is 23.2. The van der Waals surface area contributed by atoms with E-state index >= 15 is 0 Å². The average Bonchev–Trinajstić information content (AvgIpc) is 2.35. The Morgan fingerprint density at radius 1 is 1.28 bits per heavy atom. The van der Waals surface area contributed by atoms with Crippen molar-refractivity contribution >= 4 is 5.78 Å². The zero-order chi connectivity index (χ0) is 13.6. The van der Waals surface area contributed by atoms with Gasteiger partial charge in [-0.05, 0) is 44.5 Å². The Balaban J connectivity index is 2.32. The maximum Gasteiger partial charge on any atom is 0.188 e. The van der Waals surface area contributed by atoms with Gasteiger partial charge in [0.2, 0.25) is 0 Å². The first-order valence-electron chi connectivity index (χ1n) is 5.86. The summed E-state index contributed by atoms with van der Waals surface area (Å²) in [6, 6.07) is 5.45. The third-order valence-electron chi connectivity index (χ3n) is 2.80. The fourth-order valence-corrected chi connectivity index (χ4v) is 1.30. The molecule has 0 N–H and O–H groups in total. The molecule has 0 saturated carbocycles. The topological polar surface area (TPSA) is 35.5 Å². The van der Waals surface area contributed by atoms with E-state index in [-0.39, 0.29) is 23.8 Å². The van der Waals surface area contributed by atoms with Gasteiger partial charge in [0.15, 0.2) is 5.78 Å². The predicted octanol–water partition coefficient (Wildman–Crippen LogP) is 2.84. The molecule has 0 amide bonds. The lowest BCUT2D eigenvalue weighted by molar-refractivity contribution is -0.00837. The van der Waals surface area contributed by atoms with E-state index in [1.807, 2.05) is 13.8 Å². The van der Waals surface area contributed by atoms with E-state index in [9.17, 15) is 9.18 Å². The maximum absolute atomic E-state index is 12.7. The van der Waals surface area contributed by atoms with Gasteiger partial charge in [0.25, 0.3) is 0 Å². The van der Waals surface area contributed by atoms with Crippen molar-refractivity contribution in [2.45, 2.75) is 25.9 Å². The standard InChI is InChI=1S/C14H19FO3/c1-14(2,17-3)8-9-18-10-13(16)11-4-6-12(15)7-5-11/h4-7H,8-10H2,1-3H3. The third kappa shape index (κ3) is 4.94. The number of ether oxygens (including phenoxy) is 2. The molecule has 4 heteroatoms. The van der Waals surface area contributed by atoms with Gasteiger partial charge in [0, 0.05) is 19.3 Å². The molecule has 0 aliphatic rings. The molecule has 0 aliphatic heterocycles. The van der Waals surface area contributed by atoms with Crippen molar-refractivity contribution in [2.24, 2.45) is 0 Å². The highest BCUT2D eigenvalue weighted by atomic mass is 19.1. The first-order valence-corrected chi connectivity index (χ1v) is 5.86. The van der Waals surface area contributed by atoms with Gasteiger partial charge in [0.05, 0.1) is 5.60 Å². The van der Waals surface area contributed by atoms with Crippen LogP contribution in [-0.4, -0.2) is 31.7 Å². The summed E-state index contributed by atoms with van der Waals surface area (Å²) in [5, 5.41) is 0. The number of carbonyl (C=O) groups is 1. The first kappa shape index (κ1) is 14.8.